The van der Waals surface area contributed by atoms with E-state index in [9.17, 15) is 4.39 Å². The zero-order valence-corrected chi connectivity index (χ0v) is 13.3. The first-order valence-electron chi connectivity index (χ1n) is 8.15. The number of nitrogens with two attached hydrogens (primary N) is 1. The van der Waals surface area contributed by atoms with Crippen LogP contribution in [0.5, 0.6) is 0 Å². The summed E-state index contributed by atoms with van der Waals surface area (Å²) in [6.07, 6.45) is 5.97. The highest BCUT2D eigenvalue weighted by Crippen LogP contribution is 2.38. The topological polar surface area (TPSA) is 74.0 Å². The number of anilines is 1. The smallest absolute Gasteiger partial charge is 0.156 e. The van der Waals surface area contributed by atoms with E-state index in [0.29, 0.717) is 17.5 Å². The molecule has 1 aliphatic carbocycles. The van der Waals surface area contributed by atoms with Crippen molar-refractivity contribution in [1.82, 2.24) is 24.4 Å². The number of hydrogen-bond acceptors (Lipinski definition) is 4. The van der Waals surface area contributed by atoms with Gasteiger partial charge in [-0.15, -0.1) is 0 Å². The van der Waals surface area contributed by atoms with Crippen LogP contribution in [0.3, 0.4) is 0 Å². The van der Waals surface area contributed by atoms with Crippen molar-refractivity contribution < 1.29 is 4.39 Å². The van der Waals surface area contributed by atoms with Crippen LogP contribution in [0.4, 0.5) is 10.2 Å². The molecule has 1 saturated carbocycles. The van der Waals surface area contributed by atoms with Gasteiger partial charge < -0.3 is 5.73 Å². The molecule has 0 aliphatic heterocycles. The second-order valence-electron chi connectivity index (χ2n) is 6.30. The van der Waals surface area contributed by atoms with Crippen LogP contribution in [0.15, 0.2) is 48.8 Å². The van der Waals surface area contributed by atoms with Crippen molar-refractivity contribution in [2.45, 2.75) is 18.9 Å². The maximum atomic E-state index is 13.3. The molecule has 0 atom stereocenters. The zero-order valence-electron chi connectivity index (χ0n) is 13.3. The van der Waals surface area contributed by atoms with E-state index in [1.165, 1.54) is 12.1 Å². The molecule has 3 aromatic heterocycles. The molecule has 2 N–H and O–H groups in total. The summed E-state index contributed by atoms with van der Waals surface area (Å²) < 4.78 is 16.9. The number of fused-ring (bicyclic) bond motifs is 1. The van der Waals surface area contributed by atoms with Crippen LogP contribution in [-0.4, -0.2) is 24.4 Å². The minimum absolute atomic E-state index is 0.264. The molecule has 6 nitrogen and oxygen atoms in total. The largest absolute Gasteiger partial charge is 0.382 e. The third-order valence-electron chi connectivity index (χ3n) is 4.39. The molecule has 4 aromatic rings. The second-order valence-corrected chi connectivity index (χ2v) is 6.30. The van der Waals surface area contributed by atoms with Gasteiger partial charge >= 0.3 is 0 Å². The highest BCUT2D eigenvalue weighted by molar-refractivity contribution is 5.78. The molecule has 25 heavy (non-hydrogen) atoms. The summed E-state index contributed by atoms with van der Waals surface area (Å²) in [7, 11) is 0. The summed E-state index contributed by atoms with van der Waals surface area (Å²) in [4.78, 5) is 4.20. The average molecular weight is 334 g/mol. The van der Waals surface area contributed by atoms with Gasteiger partial charge in [-0.25, -0.2) is 13.9 Å². The van der Waals surface area contributed by atoms with Crippen molar-refractivity contribution >= 4 is 11.5 Å². The number of nitrogens with zero attached hydrogens (tertiary/aromatic N) is 5. The summed E-state index contributed by atoms with van der Waals surface area (Å²) in [5, 5.41) is 9.35. The van der Waals surface area contributed by atoms with E-state index >= 15 is 0 Å². The van der Waals surface area contributed by atoms with Gasteiger partial charge in [-0.2, -0.15) is 10.2 Å². The maximum Gasteiger partial charge on any atom is 0.156 e. The fourth-order valence-corrected chi connectivity index (χ4v) is 2.97. The van der Waals surface area contributed by atoms with Crippen molar-refractivity contribution in [2.24, 2.45) is 0 Å². The molecule has 0 saturated heterocycles. The van der Waals surface area contributed by atoms with E-state index in [4.69, 9.17) is 10.8 Å². The lowest BCUT2D eigenvalue weighted by molar-refractivity contribution is 0.627. The number of halogens is 1. The van der Waals surface area contributed by atoms with Crippen molar-refractivity contribution in [3.8, 4) is 22.5 Å². The zero-order chi connectivity index (χ0) is 17.0. The van der Waals surface area contributed by atoms with Gasteiger partial charge in [0.1, 0.15) is 17.3 Å². The molecule has 0 bridgehead atoms. The van der Waals surface area contributed by atoms with E-state index in [1.807, 2.05) is 23.0 Å². The molecule has 0 unspecified atom stereocenters. The van der Waals surface area contributed by atoms with Gasteiger partial charge in [0.25, 0.3) is 0 Å². The van der Waals surface area contributed by atoms with Gasteiger partial charge in [-0.3, -0.25) is 4.68 Å². The van der Waals surface area contributed by atoms with Crippen LogP contribution in [0, 0.1) is 5.82 Å². The SMILES string of the molecule is Nc1cn2nc(-c3cn(C4CC4)nc3-c3ccc(F)cc3)ccc2n1. The first kappa shape index (κ1) is 14.2. The number of aromatic nitrogens is 5. The van der Waals surface area contributed by atoms with Crippen LogP contribution < -0.4 is 5.73 Å². The Hall–Kier alpha value is -3.22. The fraction of sp³-hybridized carbons (Fsp3) is 0.167. The van der Waals surface area contributed by atoms with Gasteiger partial charge in [0.15, 0.2) is 5.65 Å². The van der Waals surface area contributed by atoms with E-state index < -0.39 is 0 Å². The van der Waals surface area contributed by atoms with Crippen molar-refractivity contribution in [3.05, 3.63) is 54.6 Å². The van der Waals surface area contributed by atoms with Gasteiger partial charge in [0.2, 0.25) is 0 Å². The Kier molecular flexibility index (Phi) is 2.91. The first-order valence-corrected chi connectivity index (χ1v) is 8.15. The summed E-state index contributed by atoms with van der Waals surface area (Å²) >= 11 is 0. The average Bonchev–Trinajstić information content (AvgIpc) is 3.25. The predicted octanol–water partition coefficient (Wildman–Crippen LogP) is 3.32. The molecule has 1 fully saturated rings. The minimum atomic E-state index is -0.264. The highest BCUT2D eigenvalue weighted by Gasteiger charge is 2.27. The lowest BCUT2D eigenvalue weighted by Gasteiger charge is -2.03. The molecular weight excluding hydrogens is 319 g/mol. The van der Waals surface area contributed by atoms with Gasteiger partial charge in [0, 0.05) is 17.3 Å². The molecule has 0 amide bonds. The molecule has 3 heterocycles. The molecule has 5 rings (SSSR count). The highest BCUT2D eigenvalue weighted by atomic mass is 19.1. The number of rotatable bonds is 3. The summed E-state index contributed by atoms with van der Waals surface area (Å²) in [6.45, 7) is 0. The Morgan fingerprint density at radius 1 is 1.00 bits per heavy atom. The van der Waals surface area contributed by atoms with Gasteiger partial charge in [0.05, 0.1) is 17.9 Å². The van der Waals surface area contributed by atoms with Crippen LogP contribution in [-0.2, 0) is 0 Å². The quantitative estimate of drug-likeness (QED) is 0.624. The molecular formula is C18H15FN6. The Bertz CT molecular complexity index is 1070. The van der Waals surface area contributed by atoms with E-state index in [1.54, 1.807) is 22.8 Å². The molecule has 0 spiro atoms. The molecule has 1 aliphatic rings. The molecule has 124 valence electrons. The van der Waals surface area contributed by atoms with E-state index in [-0.39, 0.29) is 5.82 Å². The number of hydrogen-bond donors (Lipinski definition) is 1. The fourth-order valence-electron chi connectivity index (χ4n) is 2.97. The van der Waals surface area contributed by atoms with Gasteiger partial charge in [-0.05, 0) is 49.2 Å². The standard InChI is InChI=1S/C18H15FN6/c19-12-3-1-11(2-4-12)18-14(9-24(23-18)13-5-6-13)15-7-8-17-21-16(20)10-25(17)22-15/h1-4,7-10,13H,5-6,20H2. The van der Waals surface area contributed by atoms with Crippen molar-refractivity contribution in [1.29, 1.82) is 0 Å². The monoisotopic (exact) mass is 334 g/mol. The van der Waals surface area contributed by atoms with Crippen molar-refractivity contribution in [2.75, 3.05) is 5.73 Å². The van der Waals surface area contributed by atoms with Crippen LogP contribution in [0.25, 0.3) is 28.2 Å². The van der Waals surface area contributed by atoms with Crippen LogP contribution in [0.1, 0.15) is 18.9 Å². The lowest BCUT2D eigenvalue weighted by atomic mass is 10.1. The number of benzene rings is 1. The van der Waals surface area contributed by atoms with E-state index in [0.717, 1.165) is 35.4 Å². The minimum Gasteiger partial charge on any atom is -0.382 e. The number of imidazole rings is 1. The Morgan fingerprint density at radius 2 is 1.80 bits per heavy atom. The maximum absolute atomic E-state index is 13.3. The lowest BCUT2D eigenvalue weighted by Crippen LogP contribution is -1.93. The third kappa shape index (κ3) is 2.44. The molecule has 1 aromatic carbocycles. The Balaban J connectivity index is 1.68. The first-order chi connectivity index (χ1) is 12.2. The van der Waals surface area contributed by atoms with Crippen LogP contribution >= 0.6 is 0 Å². The molecule has 7 heteroatoms. The van der Waals surface area contributed by atoms with Crippen LogP contribution in [0.2, 0.25) is 0 Å². The third-order valence-corrected chi connectivity index (χ3v) is 4.39. The Morgan fingerprint density at radius 3 is 2.56 bits per heavy atom. The van der Waals surface area contributed by atoms with Crippen molar-refractivity contribution in [3.63, 3.8) is 0 Å². The van der Waals surface area contributed by atoms with Gasteiger partial charge in [-0.1, -0.05) is 0 Å². The second kappa shape index (κ2) is 5.14. The normalized spacial score (nSPS) is 14.3. The van der Waals surface area contributed by atoms with E-state index in [2.05, 4.69) is 10.1 Å². The predicted molar refractivity (Wildman–Crippen MR) is 92.3 cm³/mol. The Labute approximate surface area is 142 Å². The molecule has 0 radical (unpaired) electrons. The summed E-state index contributed by atoms with van der Waals surface area (Å²) in [5.41, 5.74) is 9.78. The summed E-state index contributed by atoms with van der Waals surface area (Å²) in [6, 6.07) is 10.6. The number of nitrogen functional groups attached to an aromatic ring is 1. The summed E-state index contributed by atoms with van der Waals surface area (Å²) in [5.74, 6) is 0.164.